The number of carbonyl (C=O) groups excluding carboxylic acids is 2. The van der Waals surface area contributed by atoms with E-state index in [1.807, 2.05) is 66.7 Å². The summed E-state index contributed by atoms with van der Waals surface area (Å²) < 4.78 is 6.14. The van der Waals surface area contributed by atoms with E-state index in [0.717, 1.165) is 49.9 Å². The Bertz CT molecular complexity index is 4920. The van der Waals surface area contributed by atoms with Crippen molar-refractivity contribution in [2.24, 2.45) is 11.0 Å². The van der Waals surface area contributed by atoms with Gasteiger partial charge in [-0.3, -0.25) is 15.0 Å². The fourth-order valence-corrected chi connectivity index (χ4v) is 15.3. The van der Waals surface area contributed by atoms with Crippen molar-refractivity contribution in [3.05, 3.63) is 334 Å². The van der Waals surface area contributed by atoms with E-state index in [1.54, 1.807) is 23.6 Å². The highest BCUT2D eigenvalue weighted by molar-refractivity contribution is 14.1. The largest absolute Gasteiger partial charge is 1.00 e. The number of Topliss-reactive ketones (excluding diaryl/α,β-unsaturated/α-hetero) is 2. The highest BCUT2D eigenvalue weighted by atomic mass is 127. The molecular formula is C89H81ClIN6O3+. The molecule has 9 nitrogen and oxygen atoms in total. The number of ketones is 2. The number of benzene rings is 12. The molecule has 0 saturated heterocycles. The van der Waals surface area contributed by atoms with E-state index in [-0.39, 0.29) is 19.6 Å². The van der Waals surface area contributed by atoms with Crippen LogP contribution in [0, 0.1) is 9.49 Å². The summed E-state index contributed by atoms with van der Waals surface area (Å²) in [5.41, 5.74) is 31.6. The summed E-state index contributed by atoms with van der Waals surface area (Å²) in [5, 5.41) is 17.4. The van der Waals surface area contributed by atoms with Crippen molar-refractivity contribution in [2.45, 2.75) is 77.0 Å². The Morgan fingerprint density at radius 3 is 1.34 bits per heavy atom. The third-order valence-corrected chi connectivity index (χ3v) is 20.0. The molecule has 11 heteroatoms. The molecule has 498 valence electrons. The van der Waals surface area contributed by atoms with E-state index in [4.69, 9.17) is 22.0 Å². The first-order valence-electron chi connectivity index (χ1n) is 34.7. The van der Waals surface area contributed by atoms with Crippen molar-refractivity contribution in [3.8, 4) is 33.6 Å². The Morgan fingerprint density at radius 1 is 0.450 bits per heavy atom. The number of hydrazone groups is 1. The van der Waals surface area contributed by atoms with Crippen molar-refractivity contribution in [1.82, 2.24) is 14.1 Å². The summed E-state index contributed by atoms with van der Waals surface area (Å²) in [7, 11) is 0. The van der Waals surface area contributed by atoms with E-state index in [1.165, 1.54) is 116 Å². The van der Waals surface area contributed by atoms with Crippen molar-refractivity contribution in [2.75, 3.05) is 17.5 Å². The van der Waals surface area contributed by atoms with Gasteiger partial charge in [-0.05, 0) is 227 Å². The van der Waals surface area contributed by atoms with Crippen LogP contribution in [0.4, 0.5) is 11.4 Å². The SMILES string of the molecule is CCO.ClNNc1ccccc1.Ic1ccccc1.O=C1CCCCC1=O.[H+].c1ccc(-n2c3ccccc3c3ccc4c5ccccc5n(-c5ccccc5)c4c32)cc1.c1ccc(N/N=C2\CCCC3c4ccccc4CC23)cc1.c1ccc2c(c1)Cc1c-2ccc2c1Cc1ccccc1-2. The average molecular weight is 1450 g/mol. The second-order valence-electron chi connectivity index (χ2n) is 25.4. The molecule has 2 fully saturated rings. The predicted molar refractivity (Wildman–Crippen MR) is 426 cm³/mol. The summed E-state index contributed by atoms with van der Waals surface area (Å²) in [6.45, 7) is 1.93. The Labute approximate surface area is 605 Å². The lowest BCUT2D eigenvalue weighted by molar-refractivity contribution is -0.137. The maximum absolute atomic E-state index is 10.4. The van der Waals surface area contributed by atoms with Crippen LogP contribution in [0.2, 0.25) is 0 Å². The molecule has 2 heterocycles. The van der Waals surface area contributed by atoms with Gasteiger partial charge < -0.3 is 19.7 Å². The van der Waals surface area contributed by atoms with Crippen LogP contribution in [0.5, 0.6) is 0 Å². The van der Waals surface area contributed by atoms with E-state index in [0.29, 0.717) is 24.7 Å². The molecule has 2 unspecified atom stereocenters. The normalized spacial score (nSPS) is 15.1. The Balaban J connectivity index is 0.000000123. The molecule has 5 aliphatic rings. The lowest BCUT2D eigenvalue weighted by atomic mass is 9.78. The van der Waals surface area contributed by atoms with Crippen molar-refractivity contribution >= 4 is 107 Å². The highest BCUT2D eigenvalue weighted by Crippen LogP contribution is 2.48. The number of aliphatic hydroxyl groups excluding tert-OH is 1. The van der Waals surface area contributed by atoms with Gasteiger partial charge in [0, 0.05) is 73.3 Å². The van der Waals surface area contributed by atoms with Crippen LogP contribution in [-0.4, -0.2) is 38.1 Å². The summed E-state index contributed by atoms with van der Waals surface area (Å²) >= 11 is 7.45. The highest BCUT2D eigenvalue weighted by Gasteiger charge is 2.38. The number of aliphatic hydroxyl groups is 1. The van der Waals surface area contributed by atoms with Gasteiger partial charge in [0.05, 0.1) is 27.8 Å². The van der Waals surface area contributed by atoms with Crippen LogP contribution in [0.25, 0.3) is 77.2 Å². The molecular weight excluding hydrogens is 1360 g/mol. The predicted octanol–water partition coefficient (Wildman–Crippen LogP) is 22.2. The zero-order chi connectivity index (χ0) is 68.6. The fraction of sp³-hybridized carbons (Fsp3) is 0.157. The topological polar surface area (TPSA) is 113 Å². The third-order valence-electron chi connectivity index (χ3n) is 19.2. The molecule has 0 aliphatic heterocycles. The molecule has 19 rings (SSSR count). The second kappa shape index (κ2) is 33.1. The molecule has 2 aromatic heterocycles. The molecule has 0 bridgehead atoms. The molecule has 5 aliphatic carbocycles. The molecule has 0 radical (unpaired) electrons. The Morgan fingerprint density at radius 2 is 0.870 bits per heavy atom. The lowest BCUT2D eigenvalue weighted by Crippen LogP contribution is -2.25. The standard InChI is InChI=1S/C30H20N2.C20H14.C19H20N2.C6H7ClN2.C6H5I.C6H8O2.C2H6O/c1-3-11-21(12-4-1)31-27-17-9-7-15-23(27)25-19-20-26-24-16-8-10-18-28(24)32(30(26)29(25)31)22-13-5-2-6-14-22;1-3-7-15-13(5-1)11-19-17(15)9-10-18-16-8-4-2-6-14(16)12-20(18)19;1-2-8-15(9-3-1)20-21-19-12-6-11-17-16-10-5-4-7-14(16)13-18(17)19;7-9-8-6-4-2-1-3-5-6;7-6-4-2-1-3-5-6;7-5-3-1-2-4-6(5)8;1-2-3/h1-20H;1-10H,11-12H2;1-5,7-10,17-18,20H,6,11-13H2;1-5,8-9H;1-5H;1-4H2;3H,2H2,1H3/p+1/b;;21-19+;;;;. The smallest absolute Gasteiger partial charge is 0.397 e. The number of para-hydroxylation sites is 6. The van der Waals surface area contributed by atoms with Crippen molar-refractivity contribution < 1.29 is 16.1 Å². The zero-order valence-corrected chi connectivity index (χ0v) is 59.0. The van der Waals surface area contributed by atoms with E-state index < -0.39 is 0 Å². The molecule has 14 aromatic rings. The quantitative estimate of drug-likeness (QED) is 0.0571. The number of halogens is 2. The van der Waals surface area contributed by atoms with Gasteiger partial charge in [0.15, 0.2) is 11.6 Å². The number of hydrogen-bond acceptors (Lipinski definition) is 7. The first-order valence-corrected chi connectivity index (χ1v) is 36.1. The number of hydrogen-bond donors (Lipinski definition) is 4. The first kappa shape index (κ1) is 68.3. The zero-order valence-electron chi connectivity index (χ0n) is 57.1. The summed E-state index contributed by atoms with van der Waals surface area (Å²) in [6.07, 6.45) is 9.85. The maximum Gasteiger partial charge on any atom is 1.00 e. The van der Waals surface area contributed by atoms with Gasteiger partial charge in [-0.1, -0.05) is 224 Å². The minimum Gasteiger partial charge on any atom is -0.397 e. The van der Waals surface area contributed by atoms with E-state index in [2.05, 4.69) is 278 Å². The molecule has 0 amide bonds. The van der Waals surface area contributed by atoms with Crippen LogP contribution in [0.1, 0.15) is 92.6 Å². The minimum absolute atomic E-state index is 0. The molecule has 0 spiro atoms. The molecule has 2 atom stereocenters. The Hall–Kier alpha value is -10.2. The molecule has 2 saturated carbocycles. The summed E-state index contributed by atoms with van der Waals surface area (Å²) in [6, 6.07) is 105. The van der Waals surface area contributed by atoms with Gasteiger partial charge >= 0.3 is 1.43 Å². The lowest BCUT2D eigenvalue weighted by Gasteiger charge is -2.27. The van der Waals surface area contributed by atoms with Crippen LogP contribution in [0.3, 0.4) is 0 Å². The number of fused-ring (bicyclic) bond motifs is 17. The van der Waals surface area contributed by atoms with Gasteiger partial charge in [-0.2, -0.15) is 5.10 Å². The van der Waals surface area contributed by atoms with Gasteiger partial charge in [-0.15, -0.1) is 4.94 Å². The number of nitrogens with one attached hydrogen (secondary N) is 3. The summed E-state index contributed by atoms with van der Waals surface area (Å²) in [5.74, 6) is 0.950. The van der Waals surface area contributed by atoms with Crippen LogP contribution in [-0.2, 0) is 28.9 Å². The van der Waals surface area contributed by atoms with Crippen molar-refractivity contribution in [1.29, 1.82) is 0 Å². The van der Waals surface area contributed by atoms with E-state index >= 15 is 0 Å². The van der Waals surface area contributed by atoms with Gasteiger partial charge in [0.1, 0.15) is 0 Å². The van der Waals surface area contributed by atoms with Crippen LogP contribution >= 0.6 is 34.4 Å². The van der Waals surface area contributed by atoms with Gasteiger partial charge in [0.25, 0.3) is 0 Å². The molecule has 4 N–H and O–H groups in total. The molecule has 100 heavy (non-hydrogen) atoms. The average Bonchev–Trinajstić information content (AvgIpc) is 1.55. The van der Waals surface area contributed by atoms with Crippen LogP contribution < -0.4 is 15.8 Å². The maximum atomic E-state index is 10.4. The summed E-state index contributed by atoms with van der Waals surface area (Å²) in [4.78, 5) is 23.2. The molecule has 12 aromatic carbocycles. The minimum atomic E-state index is -0.170. The monoisotopic (exact) mass is 1440 g/mol. The van der Waals surface area contributed by atoms with Crippen LogP contribution in [0.15, 0.2) is 302 Å². The first-order chi connectivity index (χ1) is 49.3. The fourth-order valence-electron chi connectivity index (χ4n) is 14.7. The number of aromatic nitrogens is 2. The number of hydrazine groups is 1. The van der Waals surface area contributed by atoms with Gasteiger partial charge in [0.2, 0.25) is 0 Å². The number of rotatable bonds is 6. The van der Waals surface area contributed by atoms with Crippen molar-refractivity contribution in [3.63, 3.8) is 0 Å². The second-order valence-corrected chi connectivity index (χ2v) is 26.8. The third kappa shape index (κ3) is 15.3. The number of nitrogens with zero attached hydrogens (tertiary/aromatic N) is 3. The van der Waals surface area contributed by atoms with Gasteiger partial charge in [-0.25, -0.2) is 0 Å². The number of carbonyl (C=O) groups is 2. The Kier molecular flexibility index (Phi) is 22.6. The number of anilines is 2. The van der Waals surface area contributed by atoms with E-state index in [9.17, 15) is 9.59 Å².